The number of nitrogens with one attached hydrogen (secondary N) is 1. The van der Waals surface area contributed by atoms with Crippen LogP contribution in [0.4, 0.5) is 5.69 Å². The first-order valence-electron chi connectivity index (χ1n) is 9.48. The molecule has 1 aliphatic heterocycles. The Hall–Kier alpha value is -2.64. The van der Waals surface area contributed by atoms with Crippen LogP contribution in [-0.4, -0.2) is 25.8 Å². The van der Waals surface area contributed by atoms with E-state index in [1.807, 2.05) is 4.90 Å². The highest BCUT2D eigenvalue weighted by Crippen LogP contribution is 2.33. The van der Waals surface area contributed by atoms with Crippen molar-refractivity contribution in [3.63, 3.8) is 0 Å². The van der Waals surface area contributed by atoms with Crippen LogP contribution in [0.5, 0.6) is 0 Å². The molecule has 0 spiro atoms. The van der Waals surface area contributed by atoms with E-state index < -0.39 is 10.0 Å². The first kappa shape index (κ1) is 19.7. The molecule has 1 saturated heterocycles. The maximum atomic E-state index is 13.1. The summed E-state index contributed by atoms with van der Waals surface area (Å²) in [4.78, 5) is 15.0. The number of amides is 1. The van der Waals surface area contributed by atoms with Gasteiger partial charge < -0.3 is 4.90 Å². The molecule has 1 unspecified atom stereocenters. The lowest BCUT2D eigenvalue weighted by Gasteiger charge is -2.25. The Balaban J connectivity index is 1.50. The molecule has 1 fully saturated rings. The molecule has 0 saturated carbocycles. The number of hydrogen-bond acceptors (Lipinski definition) is 4. The predicted molar refractivity (Wildman–Crippen MR) is 116 cm³/mol. The molecule has 0 aliphatic carbocycles. The summed E-state index contributed by atoms with van der Waals surface area (Å²) in [6.45, 7) is 2.78. The Morgan fingerprint density at radius 2 is 1.79 bits per heavy atom. The molecule has 5 nitrogen and oxygen atoms in total. The van der Waals surface area contributed by atoms with Crippen LogP contribution < -0.4 is 4.72 Å². The first-order valence-corrected chi connectivity index (χ1v) is 11.8. The quantitative estimate of drug-likeness (QED) is 0.635. The van der Waals surface area contributed by atoms with E-state index in [0.717, 1.165) is 36.3 Å². The summed E-state index contributed by atoms with van der Waals surface area (Å²) >= 11 is 1.16. The van der Waals surface area contributed by atoms with Crippen molar-refractivity contribution in [1.29, 1.82) is 0 Å². The summed E-state index contributed by atoms with van der Waals surface area (Å²) in [5, 5.41) is 1.72. The molecular weight excluding hydrogens is 404 g/mol. The highest BCUT2D eigenvalue weighted by Gasteiger charge is 2.30. The number of anilines is 1. The molecule has 1 amide bonds. The maximum Gasteiger partial charge on any atom is 0.271 e. The van der Waals surface area contributed by atoms with Gasteiger partial charge in [-0.05, 0) is 61.0 Å². The summed E-state index contributed by atoms with van der Waals surface area (Å²) in [7, 11) is -3.59. The fourth-order valence-corrected chi connectivity index (χ4v) is 5.66. The van der Waals surface area contributed by atoms with Gasteiger partial charge in [-0.15, -0.1) is 11.3 Å². The van der Waals surface area contributed by atoms with E-state index in [1.165, 1.54) is 5.56 Å². The molecule has 29 heavy (non-hydrogen) atoms. The van der Waals surface area contributed by atoms with Gasteiger partial charge in [0.1, 0.15) is 4.21 Å². The van der Waals surface area contributed by atoms with E-state index in [4.69, 9.17) is 0 Å². The minimum absolute atomic E-state index is 0.0271. The lowest BCUT2D eigenvalue weighted by molar-refractivity contribution is 0.0735. The number of sulfonamides is 1. The number of carbonyl (C=O) groups excluding carboxylic acids is 1. The van der Waals surface area contributed by atoms with Crippen molar-refractivity contribution in [3.8, 4) is 0 Å². The van der Waals surface area contributed by atoms with Gasteiger partial charge in [0.2, 0.25) is 0 Å². The average Bonchev–Trinajstić information content (AvgIpc) is 3.41. The van der Waals surface area contributed by atoms with Gasteiger partial charge in [0.25, 0.3) is 15.9 Å². The second kappa shape index (κ2) is 8.00. The van der Waals surface area contributed by atoms with Crippen LogP contribution in [0.1, 0.15) is 40.4 Å². The molecule has 1 atom stereocenters. The SMILES string of the molecule is Cc1ccc(C2CCCN2C(=O)c2ccc(NS(=O)(=O)c3cccs3)cc2)cc1. The van der Waals surface area contributed by atoms with E-state index in [1.54, 1.807) is 41.8 Å². The third-order valence-corrected chi connectivity index (χ3v) is 7.90. The highest BCUT2D eigenvalue weighted by atomic mass is 32.2. The number of rotatable bonds is 5. The standard InChI is InChI=1S/C22H22N2O3S2/c1-16-6-8-17(9-7-16)20-4-2-14-24(20)22(25)18-10-12-19(13-11-18)23-29(26,27)21-5-3-15-28-21/h3,5-13,15,20,23H,2,4,14H2,1H3. The summed E-state index contributed by atoms with van der Waals surface area (Å²) < 4.78 is 27.5. The first-order chi connectivity index (χ1) is 13.9. The van der Waals surface area contributed by atoms with Gasteiger partial charge in [0, 0.05) is 17.8 Å². The lowest BCUT2D eigenvalue weighted by Crippen LogP contribution is -2.30. The van der Waals surface area contributed by atoms with Gasteiger partial charge in [0.05, 0.1) is 6.04 Å². The summed E-state index contributed by atoms with van der Waals surface area (Å²) in [5.41, 5.74) is 3.35. The van der Waals surface area contributed by atoms with Crippen LogP contribution in [0.2, 0.25) is 0 Å². The zero-order valence-corrected chi connectivity index (χ0v) is 17.7. The lowest BCUT2D eigenvalue weighted by atomic mass is 10.0. The molecule has 150 valence electrons. The Morgan fingerprint density at radius 3 is 2.45 bits per heavy atom. The van der Waals surface area contributed by atoms with Crippen LogP contribution in [0.25, 0.3) is 0 Å². The van der Waals surface area contributed by atoms with Gasteiger partial charge in [0.15, 0.2) is 0 Å². The number of hydrogen-bond donors (Lipinski definition) is 1. The summed E-state index contributed by atoms with van der Waals surface area (Å²) in [6, 6.07) is 18.3. The molecule has 1 aromatic heterocycles. The third kappa shape index (κ3) is 4.21. The number of benzene rings is 2. The van der Waals surface area contributed by atoms with Crippen LogP contribution in [0.3, 0.4) is 0 Å². The largest absolute Gasteiger partial charge is 0.332 e. The number of nitrogens with zero attached hydrogens (tertiary/aromatic N) is 1. The van der Waals surface area contributed by atoms with E-state index in [9.17, 15) is 13.2 Å². The zero-order valence-electron chi connectivity index (χ0n) is 16.0. The molecule has 1 N–H and O–H groups in total. The Morgan fingerprint density at radius 1 is 1.07 bits per heavy atom. The molecule has 3 aromatic rings. The van der Waals surface area contributed by atoms with Crippen molar-refractivity contribution < 1.29 is 13.2 Å². The number of thiophene rings is 1. The smallest absolute Gasteiger partial charge is 0.271 e. The number of likely N-dealkylation sites (tertiary alicyclic amines) is 1. The minimum Gasteiger partial charge on any atom is -0.332 e. The zero-order chi connectivity index (χ0) is 20.4. The van der Waals surface area contributed by atoms with Crippen molar-refractivity contribution in [2.45, 2.75) is 30.0 Å². The fourth-order valence-electron chi connectivity index (χ4n) is 3.61. The number of carbonyl (C=O) groups is 1. The van der Waals surface area contributed by atoms with Crippen LogP contribution >= 0.6 is 11.3 Å². The molecule has 1 aliphatic rings. The second-order valence-electron chi connectivity index (χ2n) is 7.18. The van der Waals surface area contributed by atoms with Crippen molar-refractivity contribution in [3.05, 3.63) is 82.7 Å². The number of aryl methyl sites for hydroxylation is 1. The average molecular weight is 427 g/mol. The topological polar surface area (TPSA) is 66.5 Å². The van der Waals surface area contributed by atoms with Crippen molar-refractivity contribution >= 4 is 33.0 Å². The molecule has 2 aromatic carbocycles. The minimum atomic E-state index is -3.59. The molecular formula is C22H22N2O3S2. The Kier molecular flexibility index (Phi) is 5.43. The van der Waals surface area contributed by atoms with Gasteiger partial charge in [-0.1, -0.05) is 35.9 Å². The van der Waals surface area contributed by atoms with Crippen molar-refractivity contribution in [1.82, 2.24) is 4.90 Å². The molecule has 7 heteroatoms. The van der Waals surface area contributed by atoms with Crippen molar-refractivity contribution in [2.24, 2.45) is 0 Å². The monoisotopic (exact) mass is 426 g/mol. The van der Waals surface area contributed by atoms with E-state index in [0.29, 0.717) is 11.3 Å². The van der Waals surface area contributed by atoms with E-state index in [2.05, 4.69) is 35.9 Å². The van der Waals surface area contributed by atoms with Crippen molar-refractivity contribution in [2.75, 3.05) is 11.3 Å². The highest BCUT2D eigenvalue weighted by molar-refractivity contribution is 7.94. The van der Waals surface area contributed by atoms with Gasteiger partial charge in [-0.2, -0.15) is 0 Å². The molecule has 2 heterocycles. The molecule has 4 rings (SSSR count). The summed E-state index contributed by atoms with van der Waals surface area (Å²) in [5.74, 6) is -0.0271. The maximum absolute atomic E-state index is 13.1. The van der Waals surface area contributed by atoms with Gasteiger partial charge in [-0.3, -0.25) is 9.52 Å². The van der Waals surface area contributed by atoms with Gasteiger partial charge in [-0.25, -0.2) is 8.42 Å². The fraction of sp³-hybridized carbons (Fsp3) is 0.227. The van der Waals surface area contributed by atoms with E-state index >= 15 is 0 Å². The van der Waals surface area contributed by atoms with Crippen LogP contribution in [0.15, 0.2) is 70.3 Å². The van der Waals surface area contributed by atoms with Gasteiger partial charge >= 0.3 is 0 Å². The van der Waals surface area contributed by atoms with Crippen LogP contribution in [0, 0.1) is 6.92 Å². The third-order valence-electron chi connectivity index (χ3n) is 5.12. The van der Waals surface area contributed by atoms with Crippen LogP contribution in [-0.2, 0) is 10.0 Å². The molecule has 0 bridgehead atoms. The second-order valence-corrected chi connectivity index (χ2v) is 10.0. The summed E-state index contributed by atoms with van der Waals surface area (Å²) in [6.07, 6.45) is 1.93. The van der Waals surface area contributed by atoms with E-state index in [-0.39, 0.29) is 16.2 Å². The Bertz CT molecular complexity index is 1090. The normalized spacial score (nSPS) is 16.7. The Labute approximate surface area is 175 Å². The predicted octanol–water partition coefficient (Wildman–Crippen LogP) is 4.83. The molecule has 0 radical (unpaired) electrons.